The van der Waals surface area contributed by atoms with Gasteiger partial charge >= 0.3 is 0 Å². The maximum Gasteiger partial charge on any atom is 0.238 e. The highest BCUT2D eigenvalue weighted by atomic mass is 16.5. The Morgan fingerprint density at radius 1 is 1.07 bits per heavy atom. The third kappa shape index (κ3) is 6.13. The number of nitrogens with one attached hydrogen (secondary N) is 2. The summed E-state index contributed by atoms with van der Waals surface area (Å²) in [4.78, 5) is 26.2. The molecule has 0 atom stereocenters. The van der Waals surface area contributed by atoms with Gasteiger partial charge in [0.25, 0.3) is 0 Å². The van der Waals surface area contributed by atoms with E-state index in [9.17, 15) is 9.59 Å². The van der Waals surface area contributed by atoms with Crippen molar-refractivity contribution >= 4 is 23.2 Å². The standard InChI is InChI=1S/C20H22N4O3/c1-3-24(13-19(25)22-16-8-6-9-17(11-16)27-2)14-20(26)23-18-10-5-4-7-15(18)12-21/h4-11H,3,13-14H2,1-2H3,(H,22,25)(H,23,26). The number of benzene rings is 2. The third-order valence-electron chi connectivity index (χ3n) is 3.86. The molecule has 2 amide bonds. The maximum absolute atomic E-state index is 12.3. The van der Waals surface area contributed by atoms with Crippen LogP contribution in [0, 0.1) is 11.3 Å². The van der Waals surface area contributed by atoms with Crippen molar-refractivity contribution < 1.29 is 14.3 Å². The molecule has 0 aliphatic rings. The van der Waals surface area contributed by atoms with E-state index in [0.29, 0.717) is 29.2 Å². The van der Waals surface area contributed by atoms with Gasteiger partial charge in [0, 0.05) is 11.8 Å². The van der Waals surface area contributed by atoms with Crippen molar-refractivity contribution in [3.8, 4) is 11.8 Å². The van der Waals surface area contributed by atoms with Crippen LogP contribution in [0.3, 0.4) is 0 Å². The fourth-order valence-corrected chi connectivity index (χ4v) is 2.47. The molecule has 0 heterocycles. The summed E-state index contributed by atoms with van der Waals surface area (Å²) in [7, 11) is 1.56. The lowest BCUT2D eigenvalue weighted by Crippen LogP contribution is -2.38. The molecule has 0 unspecified atom stereocenters. The van der Waals surface area contributed by atoms with Gasteiger partial charge in [-0.3, -0.25) is 14.5 Å². The topological polar surface area (TPSA) is 94.5 Å². The highest BCUT2D eigenvalue weighted by Gasteiger charge is 2.14. The molecule has 0 aliphatic carbocycles. The number of hydrogen-bond acceptors (Lipinski definition) is 5. The number of carbonyl (C=O) groups excluding carboxylic acids is 2. The molecule has 0 aliphatic heterocycles. The van der Waals surface area contributed by atoms with Crippen molar-refractivity contribution in [2.45, 2.75) is 6.92 Å². The number of nitriles is 1. The van der Waals surface area contributed by atoms with Crippen LogP contribution in [0.15, 0.2) is 48.5 Å². The van der Waals surface area contributed by atoms with Gasteiger partial charge in [-0.05, 0) is 30.8 Å². The second kappa shape index (κ2) is 9.94. The van der Waals surface area contributed by atoms with Crippen LogP contribution in [0.5, 0.6) is 5.75 Å². The van der Waals surface area contributed by atoms with E-state index in [1.165, 1.54) is 0 Å². The lowest BCUT2D eigenvalue weighted by Gasteiger charge is -2.19. The van der Waals surface area contributed by atoms with Gasteiger partial charge in [-0.1, -0.05) is 25.1 Å². The normalized spacial score (nSPS) is 10.1. The molecule has 0 spiro atoms. The summed E-state index contributed by atoms with van der Waals surface area (Å²) in [6.07, 6.45) is 0. The average Bonchev–Trinajstić information content (AvgIpc) is 2.67. The van der Waals surface area contributed by atoms with Crippen LogP contribution in [-0.2, 0) is 9.59 Å². The summed E-state index contributed by atoms with van der Waals surface area (Å²) in [6, 6.07) is 15.9. The van der Waals surface area contributed by atoms with E-state index in [2.05, 4.69) is 10.6 Å². The Morgan fingerprint density at radius 3 is 2.44 bits per heavy atom. The summed E-state index contributed by atoms with van der Waals surface area (Å²) in [5.74, 6) is 0.139. The van der Waals surface area contributed by atoms with Crippen molar-refractivity contribution in [3.05, 3.63) is 54.1 Å². The Labute approximate surface area is 158 Å². The Balaban J connectivity index is 1.91. The number of carbonyl (C=O) groups is 2. The van der Waals surface area contributed by atoms with Gasteiger partial charge in [-0.2, -0.15) is 5.26 Å². The van der Waals surface area contributed by atoms with Crippen molar-refractivity contribution in [1.29, 1.82) is 5.26 Å². The summed E-state index contributed by atoms with van der Waals surface area (Å²) in [5, 5.41) is 14.6. The first-order valence-corrected chi connectivity index (χ1v) is 8.51. The average molecular weight is 366 g/mol. The molecule has 0 fully saturated rings. The molecule has 2 aromatic carbocycles. The lowest BCUT2D eigenvalue weighted by molar-refractivity contribution is -0.119. The Hall–Kier alpha value is -3.37. The number of para-hydroxylation sites is 1. The minimum Gasteiger partial charge on any atom is -0.497 e. The molecule has 7 heteroatoms. The number of hydrogen-bond donors (Lipinski definition) is 2. The van der Waals surface area contributed by atoms with E-state index in [1.54, 1.807) is 60.5 Å². The molecule has 0 aromatic heterocycles. The van der Waals surface area contributed by atoms with E-state index in [4.69, 9.17) is 10.00 Å². The first kappa shape index (κ1) is 19.9. The molecule has 2 rings (SSSR count). The van der Waals surface area contributed by atoms with E-state index in [0.717, 1.165) is 0 Å². The Kier molecular flexibility index (Phi) is 7.35. The quantitative estimate of drug-likeness (QED) is 0.748. The van der Waals surface area contributed by atoms with Gasteiger partial charge in [-0.25, -0.2) is 0 Å². The van der Waals surface area contributed by atoms with E-state index in [-0.39, 0.29) is 24.9 Å². The highest BCUT2D eigenvalue weighted by Crippen LogP contribution is 2.16. The number of ether oxygens (including phenoxy) is 1. The van der Waals surface area contributed by atoms with Gasteiger partial charge in [0.1, 0.15) is 11.8 Å². The van der Waals surface area contributed by atoms with Crippen LogP contribution in [0.25, 0.3) is 0 Å². The van der Waals surface area contributed by atoms with Gasteiger partial charge in [-0.15, -0.1) is 0 Å². The monoisotopic (exact) mass is 366 g/mol. The molecule has 0 saturated heterocycles. The van der Waals surface area contributed by atoms with Crippen LogP contribution in [0.1, 0.15) is 12.5 Å². The second-order valence-electron chi connectivity index (χ2n) is 5.79. The molecular weight excluding hydrogens is 344 g/mol. The van der Waals surface area contributed by atoms with Crippen LogP contribution in [0.2, 0.25) is 0 Å². The highest BCUT2D eigenvalue weighted by molar-refractivity contribution is 5.95. The zero-order valence-electron chi connectivity index (χ0n) is 15.4. The van der Waals surface area contributed by atoms with Crippen LogP contribution < -0.4 is 15.4 Å². The predicted molar refractivity (Wildman–Crippen MR) is 104 cm³/mol. The summed E-state index contributed by atoms with van der Waals surface area (Å²) in [6.45, 7) is 2.51. The number of anilines is 2. The van der Waals surface area contributed by atoms with Crippen LogP contribution in [0.4, 0.5) is 11.4 Å². The molecule has 2 aromatic rings. The number of nitrogens with zero attached hydrogens (tertiary/aromatic N) is 2. The Bertz CT molecular complexity index is 845. The molecule has 0 saturated carbocycles. The van der Waals surface area contributed by atoms with Crippen molar-refractivity contribution in [3.63, 3.8) is 0 Å². The van der Waals surface area contributed by atoms with Crippen LogP contribution >= 0.6 is 0 Å². The van der Waals surface area contributed by atoms with Gasteiger partial charge in [0.05, 0.1) is 31.5 Å². The molecule has 140 valence electrons. The summed E-state index contributed by atoms with van der Waals surface area (Å²) >= 11 is 0. The lowest BCUT2D eigenvalue weighted by atomic mass is 10.2. The fraction of sp³-hybridized carbons (Fsp3) is 0.250. The van der Waals surface area contributed by atoms with Gasteiger partial charge in [0.15, 0.2) is 0 Å². The van der Waals surface area contributed by atoms with Crippen LogP contribution in [-0.4, -0.2) is 43.5 Å². The minimum absolute atomic E-state index is 0.0434. The molecular formula is C20H22N4O3. The number of rotatable bonds is 8. The van der Waals surface area contributed by atoms with Gasteiger partial charge < -0.3 is 15.4 Å². The largest absolute Gasteiger partial charge is 0.497 e. The number of likely N-dealkylation sites (N-methyl/N-ethyl adjacent to an activating group) is 1. The molecule has 2 N–H and O–H groups in total. The third-order valence-corrected chi connectivity index (χ3v) is 3.86. The fourth-order valence-electron chi connectivity index (χ4n) is 2.47. The molecule has 0 radical (unpaired) electrons. The number of methoxy groups -OCH3 is 1. The molecule has 0 bridgehead atoms. The smallest absolute Gasteiger partial charge is 0.238 e. The molecule has 7 nitrogen and oxygen atoms in total. The summed E-state index contributed by atoms with van der Waals surface area (Å²) in [5.41, 5.74) is 1.48. The van der Waals surface area contributed by atoms with E-state index >= 15 is 0 Å². The first-order valence-electron chi connectivity index (χ1n) is 8.51. The number of amides is 2. The first-order chi connectivity index (χ1) is 13.0. The van der Waals surface area contributed by atoms with Gasteiger partial charge in [0.2, 0.25) is 11.8 Å². The minimum atomic E-state index is -0.284. The van der Waals surface area contributed by atoms with E-state index in [1.807, 2.05) is 13.0 Å². The van der Waals surface area contributed by atoms with Crippen molar-refractivity contribution in [2.75, 3.05) is 37.4 Å². The second-order valence-corrected chi connectivity index (χ2v) is 5.79. The maximum atomic E-state index is 12.3. The molecule has 27 heavy (non-hydrogen) atoms. The Morgan fingerprint density at radius 2 is 1.78 bits per heavy atom. The zero-order valence-corrected chi connectivity index (χ0v) is 15.4. The van der Waals surface area contributed by atoms with E-state index < -0.39 is 0 Å². The predicted octanol–water partition coefficient (Wildman–Crippen LogP) is 2.47. The zero-order chi connectivity index (χ0) is 19.6. The van der Waals surface area contributed by atoms with Crippen molar-refractivity contribution in [2.24, 2.45) is 0 Å². The SMILES string of the molecule is CCN(CC(=O)Nc1cccc(OC)c1)CC(=O)Nc1ccccc1C#N. The van der Waals surface area contributed by atoms with Crippen molar-refractivity contribution in [1.82, 2.24) is 4.90 Å². The summed E-state index contributed by atoms with van der Waals surface area (Å²) < 4.78 is 5.13.